The van der Waals surface area contributed by atoms with Gasteiger partial charge in [-0.25, -0.2) is 0 Å². The van der Waals surface area contributed by atoms with Gasteiger partial charge < -0.3 is 9.84 Å². The molecule has 0 amide bonds. The maximum Gasteiger partial charge on any atom is 0.421 e. The minimum Gasteiger partial charge on any atom is -0.488 e. The Bertz CT molecular complexity index is 682. The van der Waals surface area contributed by atoms with Crippen LogP contribution in [0.1, 0.15) is 33.3 Å². The first kappa shape index (κ1) is 16.6. The molecule has 0 heterocycles. The third-order valence-corrected chi connectivity index (χ3v) is 3.38. The SMILES string of the molecule is CC(C)(C)Oc1ccc(C(C)(O)C(F)(F)F)c2ccccc12. The minimum atomic E-state index is -4.76. The lowest BCUT2D eigenvalue weighted by molar-refractivity contribution is -0.258. The molecule has 0 saturated heterocycles. The number of halogens is 3. The van der Waals surface area contributed by atoms with Gasteiger partial charge in [0.1, 0.15) is 11.4 Å². The van der Waals surface area contributed by atoms with E-state index in [-0.39, 0.29) is 5.56 Å². The lowest BCUT2D eigenvalue weighted by Crippen LogP contribution is -2.39. The van der Waals surface area contributed by atoms with Crippen molar-refractivity contribution in [3.05, 3.63) is 42.0 Å². The molecule has 1 N–H and O–H groups in total. The molecule has 120 valence electrons. The Hall–Kier alpha value is -1.75. The van der Waals surface area contributed by atoms with E-state index in [1.54, 1.807) is 24.3 Å². The summed E-state index contributed by atoms with van der Waals surface area (Å²) in [6.45, 7) is 6.35. The van der Waals surface area contributed by atoms with E-state index in [2.05, 4.69) is 0 Å². The van der Waals surface area contributed by atoms with E-state index >= 15 is 0 Å². The highest BCUT2D eigenvalue weighted by Crippen LogP contribution is 2.43. The van der Waals surface area contributed by atoms with Crippen LogP contribution in [0.2, 0.25) is 0 Å². The lowest BCUT2D eigenvalue weighted by Gasteiger charge is -2.29. The highest BCUT2D eigenvalue weighted by Gasteiger charge is 2.51. The van der Waals surface area contributed by atoms with Gasteiger partial charge in [-0.05, 0) is 39.1 Å². The summed E-state index contributed by atoms with van der Waals surface area (Å²) in [5.41, 5.74) is -3.58. The minimum absolute atomic E-state index is 0.183. The summed E-state index contributed by atoms with van der Waals surface area (Å²) in [5.74, 6) is 0.491. The van der Waals surface area contributed by atoms with E-state index in [1.807, 2.05) is 20.8 Å². The van der Waals surface area contributed by atoms with Crippen LogP contribution in [-0.2, 0) is 5.60 Å². The first-order valence-corrected chi connectivity index (χ1v) is 6.94. The molecule has 2 aromatic carbocycles. The number of hydrogen-bond acceptors (Lipinski definition) is 2. The second-order valence-corrected chi connectivity index (χ2v) is 6.44. The number of benzene rings is 2. The predicted octanol–water partition coefficient (Wildman–Crippen LogP) is 4.79. The van der Waals surface area contributed by atoms with E-state index in [0.29, 0.717) is 16.5 Å². The van der Waals surface area contributed by atoms with E-state index in [1.165, 1.54) is 12.1 Å². The molecule has 0 aliphatic heterocycles. The molecule has 0 radical (unpaired) electrons. The Balaban J connectivity index is 2.69. The Morgan fingerprint density at radius 1 is 0.864 bits per heavy atom. The third-order valence-electron chi connectivity index (χ3n) is 3.38. The lowest BCUT2D eigenvalue weighted by atomic mass is 9.90. The van der Waals surface area contributed by atoms with Gasteiger partial charge in [-0.3, -0.25) is 0 Å². The molecule has 22 heavy (non-hydrogen) atoms. The Morgan fingerprint density at radius 3 is 1.91 bits per heavy atom. The van der Waals surface area contributed by atoms with Crippen molar-refractivity contribution in [1.82, 2.24) is 0 Å². The van der Waals surface area contributed by atoms with Gasteiger partial charge in [-0.1, -0.05) is 30.3 Å². The fourth-order valence-corrected chi connectivity index (χ4v) is 2.27. The van der Waals surface area contributed by atoms with Crippen LogP contribution >= 0.6 is 0 Å². The van der Waals surface area contributed by atoms with Crippen LogP contribution < -0.4 is 4.74 Å². The van der Waals surface area contributed by atoms with Crippen molar-refractivity contribution in [2.75, 3.05) is 0 Å². The third kappa shape index (κ3) is 3.04. The molecule has 2 rings (SSSR count). The van der Waals surface area contributed by atoms with Crippen LogP contribution in [-0.4, -0.2) is 16.9 Å². The number of aliphatic hydroxyl groups is 1. The van der Waals surface area contributed by atoms with Gasteiger partial charge in [0.05, 0.1) is 0 Å². The molecule has 0 aromatic heterocycles. The smallest absolute Gasteiger partial charge is 0.421 e. The van der Waals surface area contributed by atoms with Crippen LogP contribution in [0.15, 0.2) is 36.4 Å². The summed E-state index contributed by atoms with van der Waals surface area (Å²) in [5, 5.41) is 10.8. The maximum atomic E-state index is 13.1. The molecule has 0 spiro atoms. The van der Waals surface area contributed by atoms with Crippen molar-refractivity contribution >= 4 is 10.8 Å². The van der Waals surface area contributed by atoms with Crippen molar-refractivity contribution in [2.24, 2.45) is 0 Å². The van der Waals surface area contributed by atoms with Crippen LogP contribution in [0.4, 0.5) is 13.2 Å². The molecule has 0 aliphatic carbocycles. The van der Waals surface area contributed by atoms with Gasteiger partial charge in [-0.15, -0.1) is 0 Å². The molecule has 2 aromatic rings. The largest absolute Gasteiger partial charge is 0.488 e. The Morgan fingerprint density at radius 2 is 1.41 bits per heavy atom. The van der Waals surface area contributed by atoms with Crippen molar-refractivity contribution in [1.29, 1.82) is 0 Å². The molecule has 1 unspecified atom stereocenters. The summed E-state index contributed by atoms with van der Waals surface area (Å²) in [7, 11) is 0. The first-order valence-electron chi connectivity index (χ1n) is 6.94. The molecule has 1 atom stereocenters. The van der Waals surface area contributed by atoms with E-state index < -0.39 is 17.4 Å². The Kier molecular flexibility index (Phi) is 3.90. The van der Waals surface area contributed by atoms with Crippen LogP contribution in [0.3, 0.4) is 0 Å². The van der Waals surface area contributed by atoms with Crippen molar-refractivity contribution < 1.29 is 23.0 Å². The zero-order valence-corrected chi connectivity index (χ0v) is 13.0. The zero-order valence-electron chi connectivity index (χ0n) is 13.0. The average Bonchev–Trinajstić information content (AvgIpc) is 2.35. The number of rotatable bonds is 2. The second kappa shape index (κ2) is 5.16. The van der Waals surface area contributed by atoms with E-state index in [0.717, 1.165) is 6.92 Å². The van der Waals surface area contributed by atoms with E-state index in [9.17, 15) is 18.3 Å². The van der Waals surface area contributed by atoms with E-state index in [4.69, 9.17) is 4.74 Å². The number of ether oxygens (including phenoxy) is 1. The van der Waals surface area contributed by atoms with Gasteiger partial charge in [0.2, 0.25) is 0 Å². The standard InChI is InChI=1S/C17H19F3O2/c1-15(2,3)22-14-10-9-13(16(4,21)17(18,19)20)11-7-5-6-8-12(11)14/h5-10,21H,1-4H3. The van der Waals surface area contributed by atoms with Crippen LogP contribution in [0.5, 0.6) is 5.75 Å². The van der Waals surface area contributed by atoms with Crippen molar-refractivity contribution in [2.45, 2.75) is 45.1 Å². The molecule has 0 aliphatic rings. The summed E-state index contributed by atoms with van der Waals surface area (Å²) in [6.07, 6.45) is -4.76. The molecular formula is C17H19F3O2. The summed E-state index contributed by atoms with van der Waals surface area (Å²) in [4.78, 5) is 0. The molecule has 0 saturated carbocycles. The topological polar surface area (TPSA) is 29.5 Å². The van der Waals surface area contributed by atoms with Gasteiger partial charge >= 0.3 is 6.18 Å². The number of fused-ring (bicyclic) bond motifs is 1. The fourth-order valence-electron chi connectivity index (χ4n) is 2.27. The average molecular weight is 312 g/mol. The molecular weight excluding hydrogens is 293 g/mol. The van der Waals surface area contributed by atoms with Gasteiger partial charge in [0.15, 0.2) is 5.60 Å². The number of alkyl halides is 3. The summed E-state index contributed by atoms with van der Waals surface area (Å²) < 4.78 is 45.2. The predicted molar refractivity (Wildman–Crippen MR) is 80.0 cm³/mol. The molecule has 0 fully saturated rings. The van der Waals surface area contributed by atoms with Gasteiger partial charge in [0.25, 0.3) is 0 Å². The molecule has 5 heteroatoms. The highest BCUT2D eigenvalue weighted by atomic mass is 19.4. The quantitative estimate of drug-likeness (QED) is 0.864. The monoisotopic (exact) mass is 312 g/mol. The zero-order chi connectivity index (χ0) is 16.8. The summed E-state index contributed by atoms with van der Waals surface area (Å²) in [6, 6.07) is 9.36. The molecule has 2 nitrogen and oxygen atoms in total. The summed E-state index contributed by atoms with van der Waals surface area (Å²) >= 11 is 0. The van der Waals surface area contributed by atoms with Gasteiger partial charge in [0, 0.05) is 10.9 Å². The van der Waals surface area contributed by atoms with Crippen LogP contribution in [0.25, 0.3) is 10.8 Å². The van der Waals surface area contributed by atoms with Crippen LogP contribution in [0, 0.1) is 0 Å². The van der Waals surface area contributed by atoms with Gasteiger partial charge in [-0.2, -0.15) is 13.2 Å². The van der Waals surface area contributed by atoms with Crippen molar-refractivity contribution in [3.63, 3.8) is 0 Å². The maximum absolute atomic E-state index is 13.1. The normalized spacial score (nSPS) is 15.6. The highest BCUT2D eigenvalue weighted by molar-refractivity contribution is 5.91. The van der Waals surface area contributed by atoms with Crippen molar-refractivity contribution in [3.8, 4) is 5.75 Å². The fraction of sp³-hybridized carbons (Fsp3) is 0.412. The second-order valence-electron chi connectivity index (χ2n) is 6.44. The Labute approximate surface area is 127 Å². The number of hydrogen-bond donors (Lipinski definition) is 1. The molecule has 0 bridgehead atoms. The first-order chi connectivity index (χ1) is 9.93.